The van der Waals surface area contributed by atoms with E-state index in [9.17, 15) is 4.79 Å². The highest BCUT2D eigenvalue weighted by molar-refractivity contribution is 7.15. The second-order valence-electron chi connectivity index (χ2n) is 5.71. The molecule has 0 bridgehead atoms. The van der Waals surface area contributed by atoms with Gasteiger partial charge in [0.15, 0.2) is 5.13 Å². The largest absolute Gasteiger partial charge is 0.379 e. The van der Waals surface area contributed by atoms with E-state index in [0.29, 0.717) is 11.7 Å². The van der Waals surface area contributed by atoms with Gasteiger partial charge < -0.3 is 15.4 Å². The molecule has 2 saturated heterocycles. The summed E-state index contributed by atoms with van der Waals surface area (Å²) in [5.74, 6) is 0.239. The molecule has 3 rings (SSSR count). The van der Waals surface area contributed by atoms with Crippen LogP contribution in [0.5, 0.6) is 0 Å². The van der Waals surface area contributed by atoms with E-state index in [-0.39, 0.29) is 18.3 Å². The number of piperazine rings is 1. The van der Waals surface area contributed by atoms with E-state index in [2.05, 4.69) is 14.8 Å². The summed E-state index contributed by atoms with van der Waals surface area (Å²) in [5, 5.41) is 0.620. The molecule has 23 heavy (non-hydrogen) atoms. The molecule has 2 aliphatic rings. The molecule has 0 aliphatic carbocycles. The van der Waals surface area contributed by atoms with Crippen molar-refractivity contribution in [2.24, 2.45) is 0 Å². The van der Waals surface area contributed by atoms with E-state index in [4.69, 9.17) is 10.5 Å². The summed E-state index contributed by atoms with van der Waals surface area (Å²) >= 11 is 1.54. The summed E-state index contributed by atoms with van der Waals surface area (Å²) in [6.45, 7) is 8.01. The Balaban J connectivity index is 0.00000192. The SMILES string of the molecule is Cl.Nc1ncc(CN2CCN(C(=O)CN3CCOCC3)CC2)s1. The molecular formula is C14H24ClN5O2S. The zero-order chi connectivity index (χ0) is 15.4. The van der Waals surface area contributed by atoms with Crippen molar-refractivity contribution in [2.45, 2.75) is 6.54 Å². The number of nitrogen functional groups attached to an aromatic ring is 1. The minimum atomic E-state index is 0. The highest BCUT2D eigenvalue weighted by Gasteiger charge is 2.23. The van der Waals surface area contributed by atoms with Crippen molar-refractivity contribution in [2.75, 3.05) is 64.8 Å². The Bertz CT molecular complexity index is 501. The van der Waals surface area contributed by atoms with E-state index in [1.54, 1.807) is 0 Å². The Morgan fingerprint density at radius 3 is 2.48 bits per heavy atom. The third-order valence-corrected chi connectivity index (χ3v) is 4.95. The smallest absolute Gasteiger partial charge is 0.236 e. The predicted octanol–water partition coefficient (Wildman–Crippen LogP) is 0.124. The number of rotatable bonds is 4. The van der Waals surface area contributed by atoms with Crippen molar-refractivity contribution in [3.8, 4) is 0 Å². The van der Waals surface area contributed by atoms with Crippen molar-refractivity contribution in [1.82, 2.24) is 19.7 Å². The summed E-state index contributed by atoms with van der Waals surface area (Å²) in [6.07, 6.45) is 1.84. The first-order chi connectivity index (χ1) is 10.7. The number of amides is 1. The fourth-order valence-electron chi connectivity index (χ4n) is 2.82. The lowest BCUT2D eigenvalue weighted by atomic mass is 10.3. The van der Waals surface area contributed by atoms with Gasteiger partial charge >= 0.3 is 0 Å². The Hall–Kier alpha value is -0.930. The van der Waals surface area contributed by atoms with Gasteiger partial charge in [-0.3, -0.25) is 14.6 Å². The number of morpholine rings is 1. The molecule has 2 N–H and O–H groups in total. The average molecular weight is 362 g/mol. The first kappa shape index (κ1) is 18.4. The van der Waals surface area contributed by atoms with Gasteiger partial charge in [0, 0.05) is 56.9 Å². The number of thiazole rings is 1. The number of carbonyl (C=O) groups is 1. The number of anilines is 1. The van der Waals surface area contributed by atoms with Gasteiger partial charge in [-0.05, 0) is 0 Å². The van der Waals surface area contributed by atoms with E-state index < -0.39 is 0 Å². The first-order valence-corrected chi connectivity index (χ1v) is 8.53. The summed E-state index contributed by atoms with van der Waals surface area (Å²) < 4.78 is 5.31. The van der Waals surface area contributed by atoms with Crippen LogP contribution in [0.15, 0.2) is 6.20 Å². The third-order valence-electron chi connectivity index (χ3n) is 4.14. The molecular weight excluding hydrogens is 338 g/mol. The number of hydrogen-bond donors (Lipinski definition) is 1. The van der Waals surface area contributed by atoms with Gasteiger partial charge in [-0.2, -0.15) is 0 Å². The first-order valence-electron chi connectivity index (χ1n) is 7.71. The maximum absolute atomic E-state index is 12.3. The molecule has 0 radical (unpaired) electrons. The Morgan fingerprint density at radius 1 is 1.17 bits per heavy atom. The van der Waals surface area contributed by atoms with Crippen molar-refractivity contribution >= 4 is 34.8 Å². The van der Waals surface area contributed by atoms with Gasteiger partial charge in [-0.1, -0.05) is 0 Å². The minimum absolute atomic E-state index is 0. The summed E-state index contributed by atoms with van der Waals surface area (Å²) in [7, 11) is 0. The Labute approximate surface area is 146 Å². The molecule has 0 aromatic carbocycles. The molecule has 1 aromatic heterocycles. The second kappa shape index (κ2) is 8.79. The number of aromatic nitrogens is 1. The zero-order valence-electron chi connectivity index (χ0n) is 13.1. The highest BCUT2D eigenvalue weighted by Crippen LogP contribution is 2.17. The molecule has 2 fully saturated rings. The second-order valence-corrected chi connectivity index (χ2v) is 6.86. The quantitative estimate of drug-likeness (QED) is 0.821. The van der Waals surface area contributed by atoms with Crippen LogP contribution in [0.1, 0.15) is 4.88 Å². The zero-order valence-corrected chi connectivity index (χ0v) is 14.8. The number of nitrogens with two attached hydrogens (primary N) is 1. The topological polar surface area (TPSA) is 74.9 Å². The van der Waals surface area contributed by atoms with Gasteiger partial charge in [0.25, 0.3) is 0 Å². The van der Waals surface area contributed by atoms with Crippen molar-refractivity contribution < 1.29 is 9.53 Å². The van der Waals surface area contributed by atoms with Crippen molar-refractivity contribution in [3.05, 3.63) is 11.1 Å². The van der Waals surface area contributed by atoms with Crippen LogP contribution in [0.25, 0.3) is 0 Å². The maximum Gasteiger partial charge on any atom is 0.236 e. The molecule has 3 heterocycles. The lowest BCUT2D eigenvalue weighted by Gasteiger charge is -2.36. The lowest BCUT2D eigenvalue weighted by molar-refractivity contribution is -0.135. The van der Waals surface area contributed by atoms with Gasteiger partial charge in [-0.25, -0.2) is 4.98 Å². The van der Waals surface area contributed by atoms with Crippen LogP contribution in [-0.4, -0.2) is 84.6 Å². The number of nitrogens with zero attached hydrogens (tertiary/aromatic N) is 4. The molecule has 1 amide bonds. The average Bonchev–Trinajstić information content (AvgIpc) is 2.94. The summed E-state index contributed by atoms with van der Waals surface area (Å²) in [4.78, 5) is 24.1. The van der Waals surface area contributed by atoms with Gasteiger partial charge in [0.1, 0.15) is 0 Å². The number of carbonyl (C=O) groups excluding carboxylic acids is 1. The van der Waals surface area contributed by atoms with Crippen molar-refractivity contribution in [3.63, 3.8) is 0 Å². The van der Waals surface area contributed by atoms with Crippen LogP contribution in [0.2, 0.25) is 0 Å². The normalized spacial score (nSPS) is 20.3. The maximum atomic E-state index is 12.3. The Kier molecular flexibility index (Phi) is 7.04. The minimum Gasteiger partial charge on any atom is -0.379 e. The summed E-state index contributed by atoms with van der Waals surface area (Å²) in [6, 6.07) is 0. The van der Waals surface area contributed by atoms with E-state index in [1.165, 1.54) is 16.2 Å². The van der Waals surface area contributed by atoms with Gasteiger partial charge in [0.05, 0.1) is 19.8 Å². The number of hydrogen-bond acceptors (Lipinski definition) is 7. The van der Waals surface area contributed by atoms with Crippen LogP contribution in [0, 0.1) is 0 Å². The summed E-state index contributed by atoms with van der Waals surface area (Å²) in [5.41, 5.74) is 5.66. The molecule has 9 heteroatoms. The fraction of sp³-hybridized carbons (Fsp3) is 0.714. The van der Waals surface area contributed by atoms with Gasteiger partial charge in [-0.15, -0.1) is 23.7 Å². The van der Waals surface area contributed by atoms with Crippen LogP contribution in [0.3, 0.4) is 0 Å². The van der Waals surface area contributed by atoms with Crippen molar-refractivity contribution in [1.29, 1.82) is 0 Å². The number of halogens is 1. The van der Waals surface area contributed by atoms with E-state index >= 15 is 0 Å². The van der Waals surface area contributed by atoms with E-state index in [1.807, 2.05) is 11.1 Å². The van der Waals surface area contributed by atoms with E-state index in [0.717, 1.165) is 59.0 Å². The molecule has 7 nitrogen and oxygen atoms in total. The molecule has 0 atom stereocenters. The van der Waals surface area contributed by atoms with Gasteiger partial charge in [0.2, 0.25) is 5.91 Å². The lowest BCUT2D eigenvalue weighted by Crippen LogP contribution is -2.51. The monoisotopic (exact) mass is 361 g/mol. The molecule has 1 aromatic rings. The standard InChI is InChI=1S/C14H23N5O2S.ClH/c15-14-16-9-12(22-14)10-17-1-3-19(4-2-17)13(20)11-18-5-7-21-8-6-18;/h9H,1-8,10-11H2,(H2,15,16);1H. The molecule has 0 spiro atoms. The van der Waals surface area contributed by atoms with Crippen LogP contribution in [0.4, 0.5) is 5.13 Å². The fourth-order valence-corrected chi connectivity index (χ4v) is 3.55. The van der Waals surface area contributed by atoms with Crippen LogP contribution in [-0.2, 0) is 16.1 Å². The molecule has 0 unspecified atom stereocenters. The predicted molar refractivity (Wildman–Crippen MR) is 92.9 cm³/mol. The highest BCUT2D eigenvalue weighted by atomic mass is 35.5. The Morgan fingerprint density at radius 2 is 1.87 bits per heavy atom. The van der Waals surface area contributed by atoms with Crippen LogP contribution < -0.4 is 5.73 Å². The third kappa shape index (κ3) is 5.29. The molecule has 0 saturated carbocycles. The number of ether oxygens (including phenoxy) is 1. The molecule has 130 valence electrons. The van der Waals surface area contributed by atoms with Crippen LogP contribution >= 0.6 is 23.7 Å². The molecule has 2 aliphatic heterocycles.